The largest absolute Gasteiger partial charge is 0.310 e. The molecule has 0 aromatic heterocycles. The van der Waals surface area contributed by atoms with Gasteiger partial charge in [0.1, 0.15) is 0 Å². The molecular weight excluding hydrogens is 674 g/mol. The van der Waals surface area contributed by atoms with Crippen LogP contribution in [0.5, 0.6) is 0 Å². The highest BCUT2D eigenvalue weighted by molar-refractivity contribution is 6.31. The second-order valence-electron chi connectivity index (χ2n) is 18.7. The van der Waals surface area contributed by atoms with Gasteiger partial charge in [0, 0.05) is 38.2 Å². The molecule has 1 spiro atoms. The van der Waals surface area contributed by atoms with Gasteiger partial charge in [0.2, 0.25) is 0 Å². The van der Waals surface area contributed by atoms with Crippen LogP contribution in [0.4, 0.5) is 17.1 Å². The van der Waals surface area contributed by atoms with Crippen LogP contribution in [0.3, 0.4) is 0 Å². The van der Waals surface area contributed by atoms with E-state index < -0.39 is 0 Å². The number of nitrogens with zero attached hydrogens (tertiary/aromatic N) is 1. The first-order chi connectivity index (χ1) is 26.2. The van der Waals surface area contributed by atoms with Crippen LogP contribution in [0.2, 0.25) is 5.02 Å². The van der Waals surface area contributed by atoms with E-state index in [1.165, 1.54) is 105 Å². The van der Waals surface area contributed by atoms with E-state index in [0.29, 0.717) is 11.8 Å². The van der Waals surface area contributed by atoms with Crippen LogP contribution in [-0.2, 0) is 16.2 Å². The number of hydrogen-bond donors (Lipinski definition) is 0. The lowest BCUT2D eigenvalue weighted by Crippen LogP contribution is -2.55. The van der Waals surface area contributed by atoms with Crippen molar-refractivity contribution in [2.75, 3.05) is 4.90 Å². The van der Waals surface area contributed by atoms with Gasteiger partial charge < -0.3 is 4.90 Å². The minimum absolute atomic E-state index is 0.0630. The van der Waals surface area contributed by atoms with Crippen molar-refractivity contribution in [3.63, 3.8) is 0 Å². The number of fused-ring (bicyclic) bond motifs is 9. The lowest BCUT2D eigenvalue weighted by atomic mass is 9.43. The van der Waals surface area contributed by atoms with E-state index in [9.17, 15) is 0 Å². The minimum Gasteiger partial charge on any atom is -0.310 e. The van der Waals surface area contributed by atoms with Crippen molar-refractivity contribution in [3.8, 4) is 33.4 Å². The first kappa shape index (κ1) is 31.7. The first-order valence-corrected chi connectivity index (χ1v) is 20.8. The molecule has 0 saturated heterocycles. The highest BCUT2D eigenvalue weighted by Gasteiger charge is 2.62. The summed E-state index contributed by atoms with van der Waals surface area (Å²) in [6, 6.07) is 46.8. The Balaban J connectivity index is 1.12. The highest BCUT2D eigenvalue weighted by Crippen LogP contribution is 2.70. The molecule has 4 bridgehead atoms. The second kappa shape index (κ2) is 10.6. The molecule has 4 saturated carbocycles. The Morgan fingerprint density at radius 3 is 1.56 bits per heavy atom. The van der Waals surface area contributed by atoms with E-state index in [-0.39, 0.29) is 16.2 Å². The van der Waals surface area contributed by atoms with Crippen LogP contribution in [0, 0.1) is 23.7 Å². The quantitative estimate of drug-likeness (QED) is 0.176. The van der Waals surface area contributed by atoms with Crippen molar-refractivity contribution >= 4 is 28.7 Å². The second-order valence-corrected chi connectivity index (χ2v) is 19.1. The lowest BCUT2D eigenvalue weighted by molar-refractivity contribution is -0.0399. The molecule has 7 aliphatic rings. The number of anilines is 3. The molecule has 2 heteroatoms. The average molecular weight is 720 g/mol. The van der Waals surface area contributed by atoms with Crippen LogP contribution in [0.25, 0.3) is 33.4 Å². The summed E-state index contributed by atoms with van der Waals surface area (Å²) in [7, 11) is 0. The molecule has 6 aromatic rings. The summed E-state index contributed by atoms with van der Waals surface area (Å²) < 4.78 is 0. The lowest BCUT2D eigenvalue weighted by Gasteiger charge is -2.61. The van der Waals surface area contributed by atoms with Crippen LogP contribution in [0.15, 0.2) is 121 Å². The Labute approximate surface area is 325 Å². The topological polar surface area (TPSA) is 3.24 Å². The minimum atomic E-state index is -0.0988. The first-order valence-electron chi connectivity index (χ1n) is 20.4. The third-order valence-corrected chi connectivity index (χ3v) is 15.7. The normalized spacial score (nSPS) is 26.2. The summed E-state index contributed by atoms with van der Waals surface area (Å²) in [5.74, 6) is 3.18. The van der Waals surface area contributed by atoms with Gasteiger partial charge in [0.15, 0.2) is 0 Å². The van der Waals surface area contributed by atoms with Crippen LogP contribution in [0.1, 0.15) is 93.2 Å². The number of hydrogen-bond acceptors (Lipinski definition) is 1. The van der Waals surface area contributed by atoms with Gasteiger partial charge in [-0.25, -0.2) is 0 Å². The molecule has 0 unspecified atom stereocenters. The summed E-state index contributed by atoms with van der Waals surface area (Å²) in [4.78, 5) is 2.61. The Morgan fingerprint density at radius 1 is 0.463 bits per heavy atom. The summed E-state index contributed by atoms with van der Waals surface area (Å²) in [5.41, 5.74) is 20.5. The Hall–Kier alpha value is -4.59. The smallest absolute Gasteiger partial charge is 0.0543 e. The fraction of sp³-hybridized carbons (Fsp3) is 0.308. The van der Waals surface area contributed by atoms with Gasteiger partial charge in [-0.2, -0.15) is 0 Å². The molecule has 0 atom stereocenters. The zero-order chi connectivity index (χ0) is 36.3. The molecule has 6 aromatic carbocycles. The maximum atomic E-state index is 7.00. The van der Waals surface area contributed by atoms with Gasteiger partial charge in [0.25, 0.3) is 0 Å². The SMILES string of the molecule is CC1(C)c2ccccc2-c2ccc(N(c3ccc4c(c3)C(C)(C)c3ccccc3-4)c3cccc4c3-c3cc(Cl)ccc3C43C4CC5CC(C4)CC3C5)cc21. The van der Waals surface area contributed by atoms with Crippen molar-refractivity contribution in [2.24, 2.45) is 23.7 Å². The molecule has 0 heterocycles. The predicted octanol–water partition coefficient (Wildman–Crippen LogP) is 14.1. The number of rotatable bonds is 3. The van der Waals surface area contributed by atoms with Gasteiger partial charge in [-0.15, -0.1) is 0 Å². The predicted molar refractivity (Wildman–Crippen MR) is 225 cm³/mol. The fourth-order valence-corrected chi connectivity index (χ4v) is 13.7. The monoisotopic (exact) mass is 719 g/mol. The van der Waals surface area contributed by atoms with Crippen molar-refractivity contribution < 1.29 is 0 Å². The van der Waals surface area contributed by atoms with Crippen LogP contribution >= 0.6 is 11.6 Å². The van der Waals surface area contributed by atoms with Gasteiger partial charge in [-0.05, 0) is 159 Å². The molecule has 1 nitrogen and oxygen atoms in total. The van der Waals surface area contributed by atoms with Crippen molar-refractivity contribution in [3.05, 3.63) is 160 Å². The molecule has 54 heavy (non-hydrogen) atoms. The van der Waals surface area contributed by atoms with Gasteiger partial charge in [-0.3, -0.25) is 0 Å². The van der Waals surface area contributed by atoms with Gasteiger partial charge in [-0.1, -0.05) is 118 Å². The highest BCUT2D eigenvalue weighted by atomic mass is 35.5. The van der Waals surface area contributed by atoms with E-state index in [2.05, 4.69) is 154 Å². The molecule has 0 N–H and O–H groups in total. The average Bonchev–Trinajstić information content (AvgIpc) is 3.68. The Morgan fingerprint density at radius 2 is 0.981 bits per heavy atom. The van der Waals surface area contributed by atoms with E-state index in [4.69, 9.17) is 11.6 Å². The van der Waals surface area contributed by atoms with E-state index in [1.807, 2.05) is 0 Å². The van der Waals surface area contributed by atoms with Gasteiger partial charge in [0.05, 0.1) is 5.69 Å². The van der Waals surface area contributed by atoms with Crippen LogP contribution in [-0.4, -0.2) is 0 Å². The Kier molecular flexibility index (Phi) is 6.22. The maximum Gasteiger partial charge on any atom is 0.0543 e. The molecular formula is C52H46ClN. The molecule has 0 amide bonds. The van der Waals surface area contributed by atoms with E-state index in [1.54, 1.807) is 11.1 Å². The summed E-state index contributed by atoms with van der Waals surface area (Å²) >= 11 is 7.00. The Bertz CT molecular complexity index is 2470. The maximum absolute atomic E-state index is 7.00. The number of benzene rings is 6. The third-order valence-electron chi connectivity index (χ3n) is 15.5. The molecule has 0 radical (unpaired) electrons. The van der Waals surface area contributed by atoms with Crippen molar-refractivity contribution in [1.82, 2.24) is 0 Å². The van der Waals surface area contributed by atoms with Crippen molar-refractivity contribution in [2.45, 2.75) is 76.0 Å². The fourth-order valence-electron chi connectivity index (χ4n) is 13.5. The standard InChI is InChI=1S/C52H46ClN/c1-50(2)42-12-7-5-10-37(42)39-19-17-35(28-46(39)50)54(36-18-20-40-38-11-6-8-13-43(38)51(3,4)47(40)29-36)48-15-9-14-45-49(48)41-27-34(53)16-21-44(41)52(45)32-23-30-22-31(25-32)26-33(52)24-30/h5-21,27-33H,22-26H2,1-4H3. The molecule has 0 aliphatic heterocycles. The molecule has 4 fully saturated rings. The summed E-state index contributed by atoms with van der Waals surface area (Å²) in [6.45, 7) is 9.59. The molecule has 13 rings (SSSR count). The van der Waals surface area contributed by atoms with Crippen molar-refractivity contribution in [1.29, 1.82) is 0 Å². The number of halogens is 1. The van der Waals surface area contributed by atoms with E-state index in [0.717, 1.165) is 16.9 Å². The molecule has 266 valence electrons. The third kappa shape index (κ3) is 3.87. The van der Waals surface area contributed by atoms with Crippen LogP contribution < -0.4 is 4.90 Å². The zero-order valence-corrected chi connectivity index (χ0v) is 32.5. The zero-order valence-electron chi connectivity index (χ0n) is 31.7. The van der Waals surface area contributed by atoms with E-state index >= 15 is 0 Å². The van der Waals surface area contributed by atoms with Gasteiger partial charge >= 0.3 is 0 Å². The summed E-state index contributed by atoms with van der Waals surface area (Å²) in [5, 5.41) is 0.830. The molecule has 7 aliphatic carbocycles. The summed E-state index contributed by atoms with van der Waals surface area (Å²) in [6.07, 6.45) is 6.91.